The molecular formula is C25H29N3O5. The molecule has 1 fully saturated rings. The van der Waals surface area contributed by atoms with Gasteiger partial charge in [-0.15, -0.1) is 0 Å². The normalized spacial score (nSPS) is 14.2. The number of ether oxygens (including phenoxy) is 3. The molecule has 2 N–H and O–H groups in total. The molecule has 0 spiro atoms. The number of amides is 2. The molecule has 174 valence electrons. The third-order valence-corrected chi connectivity index (χ3v) is 6.25. The van der Waals surface area contributed by atoms with Crippen molar-refractivity contribution >= 4 is 22.7 Å². The molecule has 1 aromatic heterocycles. The number of nitrogens with one attached hydrogen (secondary N) is 2. The second-order valence-electron chi connectivity index (χ2n) is 8.06. The van der Waals surface area contributed by atoms with Crippen molar-refractivity contribution in [2.24, 2.45) is 0 Å². The summed E-state index contributed by atoms with van der Waals surface area (Å²) >= 11 is 0. The zero-order valence-electron chi connectivity index (χ0n) is 19.1. The Bertz CT molecular complexity index is 1150. The lowest BCUT2D eigenvalue weighted by atomic mass is 9.89. The van der Waals surface area contributed by atoms with E-state index in [9.17, 15) is 9.59 Å². The molecule has 0 bridgehead atoms. The summed E-state index contributed by atoms with van der Waals surface area (Å²) in [6, 6.07) is 10.9. The molecule has 2 heterocycles. The fourth-order valence-electron chi connectivity index (χ4n) is 4.37. The van der Waals surface area contributed by atoms with Crippen molar-refractivity contribution in [2.75, 3.05) is 41.0 Å². The standard InChI is InChI=1S/C25H29N3O5/c1-31-18-5-6-21-19(13-18)20(14-26-21)16-8-10-28(11-9-16)24(29)15-27-25(30)17-4-7-22(32-2)23(12-17)33-3/h4-7,12-14,16,26H,8-11,15H2,1-3H3,(H,27,30). The summed E-state index contributed by atoms with van der Waals surface area (Å²) in [5, 5.41) is 3.88. The quantitative estimate of drug-likeness (QED) is 0.575. The Balaban J connectivity index is 1.32. The summed E-state index contributed by atoms with van der Waals surface area (Å²) in [7, 11) is 4.72. The van der Waals surface area contributed by atoms with Gasteiger partial charge in [0.05, 0.1) is 27.9 Å². The number of carbonyl (C=O) groups excluding carboxylic acids is 2. The van der Waals surface area contributed by atoms with Gasteiger partial charge in [0.1, 0.15) is 5.75 Å². The highest BCUT2D eigenvalue weighted by atomic mass is 16.5. The molecule has 0 saturated carbocycles. The number of rotatable bonds is 7. The molecule has 8 heteroatoms. The van der Waals surface area contributed by atoms with E-state index in [-0.39, 0.29) is 18.4 Å². The highest BCUT2D eigenvalue weighted by Gasteiger charge is 2.26. The minimum atomic E-state index is -0.327. The van der Waals surface area contributed by atoms with E-state index >= 15 is 0 Å². The molecule has 0 atom stereocenters. The first kappa shape index (κ1) is 22.5. The third-order valence-electron chi connectivity index (χ3n) is 6.25. The largest absolute Gasteiger partial charge is 0.497 e. The van der Waals surface area contributed by atoms with Crippen molar-refractivity contribution in [3.63, 3.8) is 0 Å². The first-order valence-electron chi connectivity index (χ1n) is 11.0. The van der Waals surface area contributed by atoms with Crippen LogP contribution in [0.3, 0.4) is 0 Å². The van der Waals surface area contributed by atoms with Gasteiger partial charge in [-0.1, -0.05) is 0 Å². The molecule has 4 rings (SSSR count). The Morgan fingerprint density at radius 2 is 1.76 bits per heavy atom. The van der Waals surface area contributed by atoms with E-state index in [0.29, 0.717) is 36.1 Å². The van der Waals surface area contributed by atoms with E-state index in [0.717, 1.165) is 24.1 Å². The molecule has 1 saturated heterocycles. The summed E-state index contributed by atoms with van der Waals surface area (Å²) in [6.45, 7) is 1.28. The molecule has 2 amide bonds. The van der Waals surface area contributed by atoms with Crippen LogP contribution in [0, 0.1) is 0 Å². The number of fused-ring (bicyclic) bond motifs is 1. The van der Waals surface area contributed by atoms with Crippen LogP contribution in [-0.2, 0) is 4.79 Å². The number of nitrogens with zero attached hydrogens (tertiary/aromatic N) is 1. The minimum absolute atomic E-state index is 0.0396. The maximum absolute atomic E-state index is 12.7. The number of aromatic amines is 1. The second kappa shape index (κ2) is 9.85. The maximum Gasteiger partial charge on any atom is 0.251 e. The zero-order chi connectivity index (χ0) is 23.4. The van der Waals surface area contributed by atoms with Crippen LogP contribution in [0.15, 0.2) is 42.6 Å². The van der Waals surface area contributed by atoms with Gasteiger partial charge in [-0.3, -0.25) is 9.59 Å². The van der Waals surface area contributed by atoms with E-state index in [1.807, 2.05) is 17.0 Å². The topological polar surface area (TPSA) is 92.9 Å². The van der Waals surface area contributed by atoms with Crippen LogP contribution >= 0.6 is 0 Å². The average Bonchev–Trinajstić information content (AvgIpc) is 3.29. The SMILES string of the molecule is COc1ccc2[nH]cc(C3CCN(C(=O)CNC(=O)c4ccc(OC)c(OC)c4)CC3)c2c1. The van der Waals surface area contributed by atoms with Crippen LogP contribution in [0.4, 0.5) is 0 Å². The number of hydrogen-bond donors (Lipinski definition) is 2. The van der Waals surface area contributed by atoms with Crippen LogP contribution in [0.25, 0.3) is 10.9 Å². The van der Waals surface area contributed by atoms with E-state index in [1.54, 1.807) is 25.3 Å². The number of likely N-dealkylation sites (tertiary alicyclic amines) is 1. The van der Waals surface area contributed by atoms with Crippen molar-refractivity contribution in [3.05, 3.63) is 53.7 Å². The number of benzene rings is 2. The number of H-pyrrole nitrogens is 1. The smallest absolute Gasteiger partial charge is 0.251 e. The van der Waals surface area contributed by atoms with Crippen LogP contribution < -0.4 is 19.5 Å². The summed E-state index contributed by atoms with van der Waals surface area (Å²) in [6.07, 6.45) is 3.81. The van der Waals surface area contributed by atoms with Gasteiger partial charge in [0, 0.05) is 35.8 Å². The highest BCUT2D eigenvalue weighted by molar-refractivity contribution is 5.97. The molecule has 33 heavy (non-hydrogen) atoms. The van der Waals surface area contributed by atoms with Gasteiger partial charge in [0.25, 0.3) is 5.91 Å². The van der Waals surface area contributed by atoms with Gasteiger partial charge in [-0.05, 0) is 60.7 Å². The van der Waals surface area contributed by atoms with Crippen LogP contribution in [0.1, 0.15) is 34.7 Å². The van der Waals surface area contributed by atoms with Crippen molar-refractivity contribution in [3.8, 4) is 17.2 Å². The minimum Gasteiger partial charge on any atom is -0.497 e. The lowest BCUT2D eigenvalue weighted by Crippen LogP contribution is -2.43. The van der Waals surface area contributed by atoms with E-state index in [2.05, 4.69) is 22.6 Å². The first-order chi connectivity index (χ1) is 16.0. The maximum atomic E-state index is 12.7. The molecule has 1 aliphatic rings. The molecule has 0 unspecified atom stereocenters. The van der Waals surface area contributed by atoms with Gasteiger partial charge in [-0.25, -0.2) is 0 Å². The number of hydrogen-bond acceptors (Lipinski definition) is 5. The van der Waals surface area contributed by atoms with E-state index < -0.39 is 0 Å². The van der Waals surface area contributed by atoms with E-state index in [4.69, 9.17) is 14.2 Å². The van der Waals surface area contributed by atoms with Crippen molar-refractivity contribution in [1.29, 1.82) is 0 Å². The number of carbonyl (C=O) groups is 2. The van der Waals surface area contributed by atoms with Gasteiger partial charge in [0.2, 0.25) is 5.91 Å². The molecule has 0 radical (unpaired) electrons. The Kier molecular flexibility index (Phi) is 6.72. The molecule has 8 nitrogen and oxygen atoms in total. The Morgan fingerprint density at radius 3 is 2.45 bits per heavy atom. The van der Waals surface area contributed by atoms with Crippen LogP contribution in [0.2, 0.25) is 0 Å². The fraction of sp³-hybridized carbons (Fsp3) is 0.360. The second-order valence-corrected chi connectivity index (χ2v) is 8.06. The Morgan fingerprint density at radius 1 is 1.00 bits per heavy atom. The van der Waals surface area contributed by atoms with Gasteiger partial charge < -0.3 is 29.4 Å². The van der Waals surface area contributed by atoms with Crippen molar-refractivity contribution in [2.45, 2.75) is 18.8 Å². The van der Waals surface area contributed by atoms with Crippen LogP contribution in [0.5, 0.6) is 17.2 Å². The predicted octanol–water partition coefficient (Wildman–Crippen LogP) is 3.33. The first-order valence-corrected chi connectivity index (χ1v) is 11.0. The Hall–Kier alpha value is -3.68. The summed E-state index contributed by atoms with van der Waals surface area (Å²) in [5.41, 5.74) is 2.76. The highest BCUT2D eigenvalue weighted by Crippen LogP contribution is 2.34. The summed E-state index contributed by atoms with van der Waals surface area (Å²) in [4.78, 5) is 30.3. The van der Waals surface area contributed by atoms with Crippen LogP contribution in [-0.4, -0.2) is 62.7 Å². The lowest BCUT2D eigenvalue weighted by Gasteiger charge is -2.32. The molecule has 1 aliphatic heterocycles. The Labute approximate surface area is 192 Å². The molecular weight excluding hydrogens is 422 g/mol. The van der Waals surface area contributed by atoms with Crippen molar-refractivity contribution in [1.82, 2.24) is 15.2 Å². The van der Waals surface area contributed by atoms with E-state index in [1.165, 1.54) is 25.2 Å². The predicted molar refractivity (Wildman–Crippen MR) is 125 cm³/mol. The molecule has 2 aromatic carbocycles. The summed E-state index contributed by atoms with van der Waals surface area (Å²) < 4.78 is 15.8. The van der Waals surface area contributed by atoms with Crippen molar-refractivity contribution < 1.29 is 23.8 Å². The number of aromatic nitrogens is 1. The zero-order valence-corrected chi connectivity index (χ0v) is 19.1. The molecule has 0 aliphatic carbocycles. The fourth-order valence-corrected chi connectivity index (χ4v) is 4.37. The van der Waals surface area contributed by atoms with Gasteiger partial charge in [0.15, 0.2) is 11.5 Å². The van der Waals surface area contributed by atoms with Gasteiger partial charge >= 0.3 is 0 Å². The van der Waals surface area contributed by atoms with Gasteiger partial charge in [-0.2, -0.15) is 0 Å². The number of methoxy groups -OCH3 is 3. The number of piperidine rings is 1. The monoisotopic (exact) mass is 451 g/mol. The third kappa shape index (κ3) is 4.74. The summed E-state index contributed by atoms with van der Waals surface area (Å²) in [5.74, 6) is 1.81. The average molecular weight is 452 g/mol. The molecule has 3 aromatic rings. The lowest BCUT2D eigenvalue weighted by molar-refractivity contribution is -0.131.